The van der Waals surface area contributed by atoms with Gasteiger partial charge in [-0.15, -0.1) is 0 Å². The Balaban J connectivity index is 1.45. The molecular formula is C56H75N9O9S2. The van der Waals surface area contributed by atoms with E-state index in [9.17, 15) is 42.6 Å². The van der Waals surface area contributed by atoms with Gasteiger partial charge in [0.1, 0.15) is 48.3 Å². The number of fused-ring (bicyclic) bond motifs is 2. The summed E-state index contributed by atoms with van der Waals surface area (Å²) < 4.78 is 12.5. The van der Waals surface area contributed by atoms with E-state index in [2.05, 4.69) is 42.2 Å². The molecule has 3 heterocycles. The second-order valence-corrected chi connectivity index (χ2v) is 22.9. The normalized spacial score (nSPS) is 24.8. The van der Waals surface area contributed by atoms with Gasteiger partial charge < -0.3 is 47.1 Å². The van der Waals surface area contributed by atoms with E-state index in [4.69, 9.17) is 0 Å². The molecule has 18 nitrogen and oxygen atoms in total. The van der Waals surface area contributed by atoms with E-state index in [1.54, 1.807) is 61.7 Å². The molecule has 410 valence electrons. The van der Waals surface area contributed by atoms with Crippen LogP contribution in [0.25, 0.3) is 10.9 Å². The third-order valence-corrected chi connectivity index (χ3v) is 15.5. The largest absolute Gasteiger partial charge is 0.361 e. The Labute approximate surface area is 452 Å². The van der Waals surface area contributed by atoms with Gasteiger partial charge in [-0.05, 0) is 78.7 Å². The summed E-state index contributed by atoms with van der Waals surface area (Å²) in [7, 11) is -1.37. The van der Waals surface area contributed by atoms with E-state index < -0.39 is 112 Å². The van der Waals surface area contributed by atoms with Crippen molar-refractivity contribution in [3.05, 3.63) is 108 Å². The molecular weight excluding hydrogens is 1010 g/mol. The Kier molecular flexibility index (Phi) is 22.1. The SMILES string of the molecule is CCC(C)C1NC(=O)C(Cc2c[nH]c3ccccc23)NC(=O)C(Cc2ccccc2)NC(=O)C(Cc2ccccc2)NC(=O)C2CCCN2C(=O)C(CCS(C)=O)NC(=O)C(CC(C)C)NC(=O)C(CCSC)NC1=O. The molecule has 76 heavy (non-hydrogen) atoms. The molecule has 0 bridgehead atoms. The topological polar surface area (TPSA) is 257 Å². The van der Waals surface area contributed by atoms with Gasteiger partial charge in [-0.25, -0.2) is 0 Å². The zero-order valence-corrected chi connectivity index (χ0v) is 46.0. The van der Waals surface area contributed by atoms with E-state index in [0.717, 1.165) is 10.9 Å². The monoisotopic (exact) mass is 1080 g/mol. The van der Waals surface area contributed by atoms with Crippen LogP contribution in [0.1, 0.15) is 82.9 Å². The van der Waals surface area contributed by atoms with E-state index in [1.165, 1.54) is 22.9 Å². The molecule has 2 fully saturated rings. The smallest absolute Gasteiger partial charge is 0.245 e. The average Bonchev–Trinajstić information content (AvgIpc) is 4.07. The minimum atomic E-state index is -1.37. The van der Waals surface area contributed by atoms with Crippen LogP contribution < -0.4 is 37.2 Å². The van der Waals surface area contributed by atoms with Crippen molar-refractivity contribution >= 4 is 80.7 Å². The highest BCUT2D eigenvalue weighted by Gasteiger charge is 2.41. The van der Waals surface area contributed by atoms with Gasteiger partial charge in [0.15, 0.2) is 0 Å². The summed E-state index contributed by atoms with van der Waals surface area (Å²) in [6.07, 6.45) is 6.44. The first-order chi connectivity index (χ1) is 36.5. The molecule has 0 saturated carbocycles. The number of nitrogens with one attached hydrogen (secondary N) is 8. The predicted octanol–water partition coefficient (Wildman–Crippen LogP) is 3.21. The number of hydrogen-bond acceptors (Lipinski definition) is 10. The summed E-state index contributed by atoms with van der Waals surface area (Å²) in [6.45, 7) is 7.55. The number of rotatable bonds is 16. The van der Waals surface area contributed by atoms with Gasteiger partial charge in [0.25, 0.3) is 0 Å². The highest BCUT2D eigenvalue weighted by molar-refractivity contribution is 7.98. The van der Waals surface area contributed by atoms with Crippen LogP contribution in [0.4, 0.5) is 0 Å². The van der Waals surface area contributed by atoms with Crippen LogP contribution in [0, 0.1) is 11.8 Å². The highest BCUT2D eigenvalue weighted by Crippen LogP contribution is 2.23. The molecule has 1 aromatic heterocycles. The molecule has 8 N–H and O–H groups in total. The van der Waals surface area contributed by atoms with E-state index >= 15 is 0 Å². The van der Waals surface area contributed by atoms with E-state index in [1.807, 2.05) is 63.4 Å². The summed E-state index contributed by atoms with van der Waals surface area (Å²) in [5.41, 5.74) is 2.88. The van der Waals surface area contributed by atoms with Crippen LogP contribution in [0.5, 0.6) is 0 Å². The molecule has 4 aromatic rings. The fraction of sp³-hybridized carbons (Fsp3) is 0.500. The maximum atomic E-state index is 15.0. The average molecular weight is 1080 g/mol. The predicted molar refractivity (Wildman–Crippen MR) is 296 cm³/mol. The Morgan fingerprint density at radius 3 is 1.71 bits per heavy atom. The number of benzene rings is 3. The summed E-state index contributed by atoms with van der Waals surface area (Å²) in [5, 5.41) is 21.0. The lowest BCUT2D eigenvalue weighted by molar-refractivity contribution is -0.142. The lowest BCUT2D eigenvalue weighted by Crippen LogP contribution is -2.62. The van der Waals surface area contributed by atoms with Crippen molar-refractivity contribution in [2.75, 3.05) is 30.6 Å². The maximum Gasteiger partial charge on any atom is 0.245 e. The van der Waals surface area contributed by atoms with Crippen LogP contribution in [-0.2, 0) is 68.4 Å². The number of aromatic nitrogens is 1. The maximum absolute atomic E-state index is 15.0. The second-order valence-electron chi connectivity index (χ2n) is 20.3. The Morgan fingerprint density at radius 2 is 1.12 bits per heavy atom. The number of thioether (sulfide) groups is 1. The van der Waals surface area contributed by atoms with Crippen LogP contribution in [-0.4, -0.2) is 140 Å². The molecule has 3 aromatic carbocycles. The molecule has 10 atom stereocenters. The minimum absolute atomic E-state index is 0.00547. The second kappa shape index (κ2) is 28.6. The number of amides is 8. The third kappa shape index (κ3) is 16.5. The Hall–Kier alpha value is -6.54. The quantitative estimate of drug-likeness (QED) is 0.0813. The van der Waals surface area contributed by atoms with Crippen molar-refractivity contribution in [1.29, 1.82) is 0 Å². The molecule has 8 amide bonds. The molecule has 2 saturated heterocycles. The van der Waals surface area contributed by atoms with E-state index in [-0.39, 0.29) is 63.2 Å². The molecule has 6 rings (SSSR count). The molecule has 0 spiro atoms. The van der Waals surface area contributed by atoms with Crippen molar-refractivity contribution in [1.82, 2.24) is 47.1 Å². The first kappa shape index (κ1) is 58.7. The van der Waals surface area contributed by atoms with Crippen LogP contribution >= 0.6 is 11.8 Å². The van der Waals surface area contributed by atoms with Crippen molar-refractivity contribution in [3.63, 3.8) is 0 Å². The number of nitrogens with zero attached hydrogens (tertiary/aromatic N) is 1. The highest BCUT2D eigenvalue weighted by atomic mass is 32.2. The van der Waals surface area contributed by atoms with Gasteiger partial charge in [-0.2, -0.15) is 11.8 Å². The van der Waals surface area contributed by atoms with Crippen molar-refractivity contribution in [3.8, 4) is 0 Å². The standard InChI is InChI=1S/C56H75N9O9S2/c1-7-35(4)48-55(72)58-41(24-27-75-5)49(66)60-43(29-34(2)3)50(67)59-42(25-28-76(6)74)56(73)65-26-16-23-47(65)54(71)63-45(31-37-19-12-9-13-20-37)52(69)61-44(30-36-17-10-8-11-18-36)51(68)62-46(53(70)64-48)32-38-33-57-40-22-15-14-21-39(38)40/h8-15,17-22,33-35,41-48,57H,7,16,23-32H2,1-6H3,(H,58,72)(H,59,67)(H,60,66)(H,61,69)(H,62,68)(H,63,71)(H,64,70). The summed E-state index contributed by atoms with van der Waals surface area (Å²) in [4.78, 5) is 122. The molecule has 0 radical (unpaired) electrons. The third-order valence-electron chi connectivity index (χ3n) is 14.1. The molecule has 0 aliphatic carbocycles. The van der Waals surface area contributed by atoms with Crippen molar-refractivity contribution in [2.24, 2.45) is 11.8 Å². The van der Waals surface area contributed by atoms with Gasteiger partial charge in [0.2, 0.25) is 47.3 Å². The van der Waals surface area contributed by atoms with Gasteiger partial charge >= 0.3 is 0 Å². The molecule has 20 heteroatoms. The van der Waals surface area contributed by atoms with Crippen LogP contribution in [0.2, 0.25) is 0 Å². The van der Waals surface area contributed by atoms with Gasteiger partial charge in [0.05, 0.1) is 0 Å². The van der Waals surface area contributed by atoms with Crippen molar-refractivity contribution < 1.29 is 42.6 Å². The molecule has 2 aliphatic heterocycles. The summed E-state index contributed by atoms with van der Waals surface area (Å²) >= 11 is 1.45. The van der Waals surface area contributed by atoms with Gasteiger partial charge in [0, 0.05) is 65.7 Å². The zero-order chi connectivity index (χ0) is 54.9. The van der Waals surface area contributed by atoms with Crippen molar-refractivity contribution in [2.45, 2.75) is 134 Å². The number of H-pyrrole nitrogens is 1. The first-order valence-electron chi connectivity index (χ1n) is 26.3. The van der Waals surface area contributed by atoms with Gasteiger partial charge in [-0.1, -0.05) is 113 Å². The number of carbonyl (C=O) groups excluding carboxylic acids is 8. The minimum Gasteiger partial charge on any atom is -0.361 e. The lowest BCUT2D eigenvalue weighted by Gasteiger charge is -2.32. The zero-order valence-electron chi connectivity index (χ0n) is 44.4. The fourth-order valence-corrected chi connectivity index (χ4v) is 10.7. The first-order valence-corrected chi connectivity index (χ1v) is 29.4. The van der Waals surface area contributed by atoms with Crippen LogP contribution in [0.15, 0.2) is 91.1 Å². The molecule has 2 aliphatic rings. The Bertz CT molecular complexity index is 2670. The number of aromatic amines is 1. The van der Waals surface area contributed by atoms with E-state index in [0.29, 0.717) is 35.3 Å². The lowest BCUT2D eigenvalue weighted by atomic mass is 9.96. The Morgan fingerprint density at radius 1 is 0.605 bits per heavy atom. The number of para-hydroxylation sites is 1. The number of carbonyl (C=O) groups is 8. The molecule has 10 unspecified atom stereocenters. The number of hydrogen-bond donors (Lipinski definition) is 8. The summed E-state index contributed by atoms with van der Waals surface area (Å²) in [6, 6.07) is 15.8. The summed E-state index contributed by atoms with van der Waals surface area (Å²) in [5.74, 6) is -5.40. The van der Waals surface area contributed by atoms with Crippen LogP contribution in [0.3, 0.4) is 0 Å². The fourth-order valence-electron chi connectivity index (χ4n) is 9.67. The van der Waals surface area contributed by atoms with Gasteiger partial charge in [-0.3, -0.25) is 42.6 Å².